The summed E-state index contributed by atoms with van der Waals surface area (Å²) in [6, 6.07) is 12.7. The third-order valence-corrected chi connectivity index (χ3v) is 17.0. The molecule has 0 aliphatic heterocycles. The normalized spacial score (nSPS) is 14.5. The summed E-state index contributed by atoms with van der Waals surface area (Å²) in [5.74, 6) is -94.7. The van der Waals surface area contributed by atoms with Gasteiger partial charge in [0.05, 0.1) is 0 Å². The average molecular weight is 1210 g/mol. The number of carbonyl (C=O) groups excluding carboxylic acids is 1. The highest BCUT2D eigenvalue weighted by atomic mass is 32.3. The topological polar surface area (TPSA) is 26.3 Å². The lowest BCUT2D eigenvalue weighted by atomic mass is 9.85. The van der Waals surface area contributed by atoms with Crippen LogP contribution in [0.3, 0.4) is 0 Å². The summed E-state index contributed by atoms with van der Waals surface area (Å²) in [7, 11) is -4.66. The molecule has 0 aliphatic carbocycles. The maximum Gasteiger partial charge on any atom is 0.460 e. The summed E-state index contributed by atoms with van der Waals surface area (Å²) in [6.07, 6.45) is -2.26. The Morgan fingerprint density at radius 2 is 0.613 bits per heavy atom. The molecule has 3 aromatic rings. The van der Waals surface area contributed by atoms with Gasteiger partial charge in [-0.05, 0) is 133 Å². The van der Waals surface area contributed by atoms with Gasteiger partial charge in [-0.3, -0.25) is 0 Å². The molecule has 0 N–H and O–H groups in total. The molecule has 2 nitrogen and oxygen atoms in total. The van der Waals surface area contributed by atoms with Crippen LogP contribution in [0, 0.1) is 0 Å². The molecule has 26 heteroatoms. The summed E-state index contributed by atoms with van der Waals surface area (Å²) in [5.41, 5.74) is 2.15. The number of benzene rings is 3. The van der Waals surface area contributed by atoms with Crippen molar-refractivity contribution < 1.29 is 110 Å². The van der Waals surface area contributed by atoms with Gasteiger partial charge < -0.3 is 4.18 Å². The second-order valence-corrected chi connectivity index (χ2v) is 22.2. The van der Waals surface area contributed by atoms with E-state index in [2.05, 4.69) is 0 Å². The van der Waals surface area contributed by atoms with E-state index in [4.69, 9.17) is 4.18 Å². The van der Waals surface area contributed by atoms with Crippen molar-refractivity contribution in [2.75, 3.05) is 0 Å². The van der Waals surface area contributed by atoms with E-state index in [1.54, 1.807) is 52.0 Å². The Morgan fingerprint density at radius 3 is 0.875 bits per heavy atom. The van der Waals surface area contributed by atoms with Crippen LogP contribution in [0.1, 0.15) is 152 Å². The molecule has 0 heterocycles. The van der Waals surface area contributed by atoms with Crippen LogP contribution >= 0.6 is 10.3 Å². The molecule has 0 fully saturated rings. The molecule has 0 saturated carbocycles. The fourth-order valence-electron chi connectivity index (χ4n) is 8.78. The minimum Gasteiger partial charge on any atom is -0.397 e. The van der Waals surface area contributed by atoms with E-state index in [0.29, 0.717) is 75.3 Å². The van der Waals surface area contributed by atoms with Gasteiger partial charge in [-0.25, -0.2) is 4.79 Å². The molecule has 0 bridgehead atoms. The lowest BCUT2D eigenvalue weighted by molar-refractivity contribution is -0.477. The summed E-state index contributed by atoms with van der Waals surface area (Å²) >= 11 is 0. The van der Waals surface area contributed by atoms with Crippen LogP contribution in [0.2, 0.25) is 0 Å². The van der Waals surface area contributed by atoms with E-state index in [-0.39, 0.29) is 88.3 Å². The van der Waals surface area contributed by atoms with Crippen molar-refractivity contribution in [3.63, 3.8) is 0 Å². The first-order valence-corrected chi connectivity index (χ1v) is 27.4. The molecule has 0 saturated heterocycles. The van der Waals surface area contributed by atoms with Crippen LogP contribution < -0.4 is 0 Å². The molecule has 0 radical (unpaired) electrons. The number of aryl methyl sites for hydroxylation is 6. The molecule has 0 aliphatic rings. The first-order valence-electron chi connectivity index (χ1n) is 25.9. The summed E-state index contributed by atoms with van der Waals surface area (Å²) in [4.78, 5) is 13.9. The zero-order valence-corrected chi connectivity index (χ0v) is 45.2. The molecule has 0 unspecified atom stereocenters. The molecule has 80 heavy (non-hydrogen) atoms. The first kappa shape index (κ1) is 70.1. The number of halogens is 23. The number of rotatable bonds is 32. The Balaban J connectivity index is 2.68. The van der Waals surface area contributed by atoms with E-state index in [1.165, 1.54) is 30.3 Å². The van der Waals surface area contributed by atoms with E-state index in [9.17, 15) is 61.9 Å². The SMILES string of the molecule is CCCCc1cc(CCCC)c(S(OC(=O)C(F)(F)C(F)(F)C(F)(F)C(F)(F)C(F)(F)C(F)(F)C(F)(F)C(F)(F)C(F)(F)C(F)(F)C(F)(F)F)(c2ccccc2)c2c(CCCC)cc(CCCC)cc2CCCC)c(CCCC)c1. The van der Waals surface area contributed by atoms with Crippen LogP contribution in [0.15, 0.2) is 69.3 Å². The van der Waals surface area contributed by atoms with E-state index < -0.39 is 81.7 Å². The van der Waals surface area contributed by atoms with Gasteiger partial charge in [0.1, 0.15) is 0 Å². The smallest absolute Gasteiger partial charge is 0.397 e. The van der Waals surface area contributed by atoms with Gasteiger partial charge in [0.2, 0.25) is 0 Å². The van der Waals surface area contributed by atoms with Gasteiger partial charge in [-0.1, -0.05) is 123 Å². The van der Waals surface area contributed by atoms with Crippen LogP contribution in [0.4, 0.5) is 101 Å². The van der Waals surface area contributed by atoms with Crippen LogP contribution in [0.5, 0.6) is 0 Å². The predicted molar refractivity (Wildman–Crippen MR) is 255 cm³/mol. The molecule has 0 aromatic heterocycles. The molecular formula is C54H63F23O2S. The third kappa shape index (κ3) is 12.3. The van der Waals surface area contributed by atoms with Gasteiger partial charge in [-0.2, -0.15) is 101 Å². The zero-order valence-electron chi connectivity index (χ0n) is 44.3. The molecule has 3 rings (SSSR count). The summed E-state index contributed by atoms with van der Waals surface area (Å²) in [5, 5.41) is 0. The van der Waals surface area contributed by atoms with Crippen LogP contribution in [0.25, 0.3) is 0 Å². The molecule has 0 atom stereocenters. The number of carbonyl (C=O) groups is 1. The van der Waals surface area contributed by atoms with Gasteiger partial charge in [0.15, 0.2) is 0 Å². The quantitative estimate of drug-likeness (QED) is 0.0583. The van der Waals surface area contributed by atoms with Crippen molar-refractivity contribution in [1.29, 1.82) is 0 Å². The number of unbranched alkanes of at least 4 members (excludes halogenated alkanes) is 6. The second kappa shape index (κ2) is 25.8. The standard InChI is InChI=1S/C54H63F23O2S/c1-7-13-22-34-30-36(24-15-9-3)41(37(31-34)25-16-10-4)80(40-28-20-19-21-29-40,42-38(26-17-11-5)32-35(23-14-8-2)33-39(42)27-18-12-6)79-43(78)44(55,56)45(57,58)46(59,60)47(61,62)48(63,64)49(65,66)50(67,68)51(69,70)52(71,72)53(73,74)54(75,76)77/h19-21,28-33H,7-18,22-27H2,1-6H3. The number of hydrogen-bond donors (Lipinski definition) is 0. The highest BCUT2D eigenvalue weighted by Crippen LogP contribution is 2.74. The first-order chi connectivity index (χ1) is 36.6. The maximum atomic E-state index is 16.8. The molecule has 0 amide bonds. The van der Waals surface area contributed by atoms with Crippen molar-refractivity contribution in [2.45, 2.75) is 237 Å². The van der Waals surface area contributed by atoms with Crippen molar-refractivity contribution in [3.8, 4) is 0 Å². The Labute approximate surface area is 450 Å². The van der Waals surface area contributed by atoms with Crippen LogP contribution in [-0.2, 0) is 47.5 Å². The summed E-state index contributed by atoms with van der Waals surface area (Å²) in [6.45, 7) is 10.7. The fourth-order valence-corrected chi connectivity index (χ4v) is 12.7. The van der Waals surface area contributed by atoms with Crippen LogP contribution in [-0.4, -0.2) is 71.4 Å². The van der Waals surface area contributed by atoms with Gasteiger partial charge >= 0.3 is 71.4 Å². The van der Waals surface area contributed by atoms with Gasteiger partial charge in [-0.15, -0.1) is 0 Å². The van der Waals surface area contributed by atoms with Crippen molar-refractivity contribution in [2.24, 2.45) is 0 Å². The molecule has 3 aromatic carbocycles. The van der Waals surface area contributed by atoms with E-state index in [0.717, 1.165) is 0 Å². The van der Waals surface area contributed by atoms with Crippen molar-refractivity contribution in [1.82, 2.24) is 0 Å². The Bertz CT molecular complexity index is 2370. The van der Waals surface area contributed by atoms with Gasteiger partial charge in [0, 0.05) is 14.7 Å². The Hall–Kier alpha value is -4.13. The lowest BCUT2D eigenvalue weighted by Crippen LogP contribution is -2.78. The predicted octanol–water partition coefficient (Wildman–Crippen LogP) is 20.4. The van der Waals surface area contributed by atoms with E-state index in [1.807, 2.05) is 13.8 Å². The molecular weight excluding hydrogens is 1150 g/mol. The van der Waals surface area contributed by atoms with Crippen molar-refractivity contribution in [3.05, 3.63) is 88.0 Å². The van der Waals surface area contributed by atoms with Gasteiger partial charge in [0.25, 0.3) is 0 Å². The third-order valence-electron chi connectivity index (χ3n) is 13.5. The molecule has 0 spiro atoms. The fraction of sp³-hybridized carbons (Fsp3) is 0.648. The zero-order chi connectivity index (χ0) is 61.6. The highest BCUT2D eigenvalue weighted by Gasteiger charge is 2.99. The highest BCUT2D eigenvalue weighted by molar-refractivity contribution is 8.30. The van der Waals surface area contributed by atoms with E-state index >= 15 is 43.9 Å². The summed E-state index contributed by atoms with van der Waals surface area (Å²) < 4.78 is 345. The number of hydrogen-bond acceptors (Lipinski definition) is 2. The largest absolute Gasteiger partial charge is 0.460 e. The average Bonchev–Trinajstić information content (AvgIpc) is 3.37. The molecule has 458 valence electrons. The minimum atomic E-state index is -9.58. The number of alkyl halides is 23. The Morgan fingerprint density at radius 1 is 0.362 bits per heavy atom. The van der Waals surface area contributed by atoms with Crippen molar-refractivity contribution >= 4 is 16.3 Å². The monoisotopic (exact) mass is 1210 g/mol. The lowest BCUT2D eigenvalue weighted by Gasteiger charge is -2.46. The maximum absolute atomic E-state index is 16.8. The minimum absolute atomic E-state index is 0.00315. The Kier molecular flexibility index (Phi) is 22.6. The second-order valence-electron chi connectivity index (χ2n) is 19.6.